The molecule has 0 aliphatic heterocycles. The highest BCUT2D eigenvalue weighted by Gasteiger charge is 2.43. The van der Waals surface area contributed by atoms with Gasteiger partial charge in [0.1, 0.15) is 0 Å². The zero-order chi connectivity index (χ0) is 15.1. The molecular weight excluding hydrogens is 258 g/mol. The zero-order valence-electron chi connectivity index (χ0n) is 14.4. The van der Waals surface area contributed by atoms with E-state index in [0.29, 0.717) is 6.04 Å². The molecule has 0 spiro atoms. The van der Waals surface area contributed by atoms with Crippen LogP contribution in [-0.4, -0.2) is 24.8 Å². The first-order chi connectivity index (χ1) is 10.2. The minimum absolute atomic E-state index is 0.0464. The number of hydrogen-bond acceptors (Lipinski definition) is 2. The number of hydrogen-bond donors (Lipinski definition) is 1. The summed E-state index contributed by atoms with van der Waals surface area (Å²) in [6.07, 6.45) is 14.1. The smallest absolute Gasteiger partial charge is 0.0875 e. The lowest BCUT2D eigenvalue weighted by Crippen LogP contribution is -2.56. The van der Waals surface area contributed by atoms with Crippen LogP contribution in [0.1, 0.15) is 78.6 Å². The van der Waals surface area contributed by atoms with Crippen molar-refractivity contribution in [3.05, 3.63) is 11.6 Å². The van der Waals surface area contributed by atoms with E-state index in [4.69, 9.17) is 4.74 Å². The second-order valence-corrected chi connectivity index (χ2v) is 7.11. The van der Waals surface area contributed by atoms with Gasteiger partial charge in [-0.3, -0.25) is 0 Å². The van der Waals surface area contributed by atoms with Crippen LogP contribution in [0, 0.1) is 5.92 Å². The Morgan fingerprint density at radius 2 is 2.19 bits per heavy atom. The van der Waals surface area contributed by atoms with Crippen molar-refractivity contribution in [2.24, 2.45) is 5.92 Å². The van der Waals surface area contributed by atoms with Gasteiger partial charge in [0.25, 0.3) is 0 Å². The summed E-state index contributed by atoms with van der Waals surface area (Å²) in [5, 5.41) is 3.86. The number of nitrogens with one attached hydrogen (secondary N) is 1. The van der Waals surface area contributed by atoms with Crippen molar-refractivity contribution in [2.75, 3.05) is 13.2 Å². The second-order valence-electron chi connectivity index (χ2n) is 7.11. The summed E-state index contributed by atoms with van der Waals surface area (Å²) in [7, 11) is 0. The fourth-order valence-corrected chi connectivity index (χ4v) is 4.38. The fourth-order valence-electron chi connectivity index (χ4n) is 4.38. The lowest BCUT2D eigenvalue weighted by molar-refractivity contribution is -0.0932. The third kappa shape index (κ3) is 4.32. The molecule has 1 fully saturated rings. The Labute approximate surface area is 131 Å². The maximum atomic E-state index is 6.45. The summed E-state index contributed by atoms with van der Waals surface area (Å²) >= 11 is 0. The third-order valence-electron chi connectivity index (χ3n) is 5.24. The van der Waals surface area contributed by atoms with Crippen LogP contribution in [0.5, 0.6) is 0 Å². The van der Waals surface area contributed by atoms with Crippen LogP contribution in [0.15, 0.2) is 11.6 Å². The summed E-state index contributed by atoms with van der Waals surface area (Å²) in [6.45, 7) is 8.76. The lowest BCUT2D eigenvalue weighted by atomic mass is 9.71. The molecule has 2 aliphatic rings. The van der Waals surface area contributed by atoms with Crippen molar-refractivity contribution in [2.45, 2.75) is 90.2 Å². The summed E-state index contributed by atoms with van der Waals surface area (Å²) < 4.78 is 6.45. The second kappa shape index (κ2) is 8.33. The van der Waals surface area contributed by atoms with E-state index in [1.807, 2.05) is 0 Å². The van der Waals surface area contributed by atoms with Gasteiger partial charge in [-0.25, -0.2) is 0 Å². The molecule has 2 nitrogen and oxygen atoms in total. The average molecular weight is 293 g/mol. The van der Waals surface area contributed by atoms with Gasteiger partial charge in [-0.1, -0.05) is 38.3 Å². The zero-order valence-corrected chi connectivity index (χ0v) is 14.4. The van der Waals surface area contributed by atoms with Gasteiger partial charge >= 0.3 is 0 Å². The Balaban J connectivity index is 2.22. The molecule has 0 amide bonds. The standard InChI is InChI=1S/C19H35NO/c1-4-14-20-18(17-11-7-6-8-12-17)19(21-5-2)13-9-10-16(3)15-19/h11,16,18,20H,4-10,12-15H2,1-3H3. The lowest BCUT2D eigenvalue weighted by Gasteiger charge is -2.47. The van der Waals surface area contributed by atoms with Crippen LogP contribution in [0.3, 0.4) is 0 Å². The van der Waals surface area contributed by atoms with E-state index < -0.39 is 0 Å². The summed E-state index contributed by atoms with van der Waals surface area (Å²) in [4.78, 5) is 0. The Kier molecular flexibility index (Phi) is 6.75. The van der Waals surface area contributed by atoms with Gasteiger partial charge in [0.2, 0.25) is 0 Å². The van der Waals surface area contributed by atoms with E-state index in [1.165, 1.54) is 57.8 Å². The molecule has 3 unspecified atom stereocenters. The molecule has 0 aromatic carbocycles. The predicted molar refractivity (Wildman–Crippen MR) is 90.6 cm³/mol. The SMILES string of the molecule is CCCNC(C1=CCCCC1)C1(OCC)CCCC(C)C1. The van der Waals surface area contributed by atoms with Gasteiger partial charge in [-0.15, -0.1) is 0 Å². The summed E-state index contributed by atoms with van der Waals surface area (Å²) in [6, 6.07) is 0.445. The van der Waals surface area contributed by atoms with Crippen molar-refractivity contribution in [1.29, 1.82) is 0 Å². The van der Waals surface area contributed by atoms with Crippen LogP contribution in [0.25, 0.3) is 0 Å². The maximum absolute atomic E-state index is 6.45. The molecule has 0 bridgehead atoms. The third-order valence-corrected chi connectivity index (χ3v) is 5.24. The highest BCUT2D eigenvalue weighted by Crippen LogP contribution is 2.41. The number of rotatable bonds is 7. The molecule has 0 radical (unpaired) electrons. The molecule has 122 valence electrons. The molecule has 1 saturated carbocycles. The molecule has 0 heterocycles. The van der Waals surface area contributed by atoms with Crippen molar-refractivity contribution in [3.63, 3.8) is 0 Å². The molecule has 0 aromatic rings. The van der Waals surface area contributed by atoms with E-state index >= 15 is 0 Å². The highest BCUT2D eigenvalue weighted by atomic mass is 16.5. The first-order valence-electron chi connectivity index (χ1n) is 9.28. The fraction of sp³-hybridized carbons (Fsp3) is 0.895. The molecule has 3 atom stereocenters. The molecule has 0 saturated heterocycles. The van der Waals surface area contributed by atoms with E-state index in [1.54, 1.807) is 5.57 Å². The highest BCUT2D eigenvalue weighted by molar-refractivity contribution is 5.20. The van der Waals surface area contributed by atoms with Gasteiger partial charge in [0, 0.05) is 6.61 Å². The van der Waals surface area contributed by atoms with E-state index in [-0.39, 0.29) is 5.60 Å². The number of ether oxygens (including phenoxy) is 1. The number of allylic oxidation sites excluding steroid dienone is 1. The predicted octanol–water partition coefficient (Wildman–Crippen LogP) is 4.84. The van der Waals surface area contributed by atoms with Gasteiger partial charge in [-0.2, -0.15) is 0 Å². The maximum Gasteiger partial charge on any atom is 0.0875 e. The quantitative estimate of drug-likeness (QED) is 0.678. The molecule has 2 aliphatic carbocycles. The minimum atomic E-state index is 0.0464. The molecule has 2 heteroatoms. The van der Waals surface area contributed by atoms with E-state index in [2.05, 4.69) is 32.2 Å². The van der Waals surface area contributed by atoms with Gasteiger partial charge in [-0.05, 0) is 64.3 Å². The van der Waals surface area contributed by atoms with Crippen LogP contribution < -0.4 is 5.32 Å². The van der Waals surface area contributed by atoms with Crippen LogP contribution in [-0.2, 0) is 4.74 Å². The van der Waals surface area contributed by atoms with Crippen LogP contribution in [0.2, 0.25) is 0 Å². The van der Waals surface area contributed by atoms with Crippen molar-refractivity contribution >= 4 is 0 Å². The first kappa shape index (κ1) is 17.0. The Bertz CT molecular complexity index is 334. The molecular formula is C19H35NO. The molecule has 0 aromatic heterocycles. The van der Waals surface area contributed by atoms with Gasteiger partial charge in [0.05, 0.1) is 11.6 Å². The Morgan fingerprint density at radius 3 is 2.81 bits per heavy atom. The Hall–Kier alpha value is -0.340. The van der Waals surface area contributed by atoms with Crippen molar-refractivity contribution < 1.29 is 4.74 Å². The van der Waals surface area contributed by atoms with Crippen LogP contribution >= 0.6 is 0 Å². The van der Waals surface area contributed by atoms with Crippen molar-refractivity contribution in [1.82, 2.24) is 5.32 Å². The monoisotopic (exact) mass is 293 g/mol. The Morgan fingerprint density at radius 1 is 1.33 bits per heavy atom. The van der Waals surface area contributed by atoms with Crippen molar-refractivity contribution in [3.8, 4) is 0 Å². The average Bonchev–Trinajstić information content (AvgIpc) is 2.49. The summed E-state index contributed by atoms with van der Waals surface area (Å²) in [5.41, 5.74) is 1.68. The normalized spacial score (nSPS) is 31.8. The van der Waals surface area contributed by atoms with Crippen LogP contribution in [0.4, 0.5) is 0 Å². The topological polar surface area (TPSA) is 21.3 Å². The summed E-state index contributed by atoms with van der Waals surface area (Å²) in [5.74, 6) is 0.792. The van der Waals surface area contributed by atoms with E-state index in [0.717, 1.165) is 19.1 Å². The minimum Gasteiger partial charge on any atom is -0.373 e. The molecule has 1 N–H and O–H groups in total. The largest absolute Gasteiger partial charge is 0.373 e. The van der Waals surface area contributed by atoms with Gasteiger partial charge < -0.3 is 10.1 Å². The van der Waals surface area contributed by atoms with Gasteiger partial charge in [0.15, 0.2) is 0 Å². The first-order valence-corrected chi connectivity index (χ1v) is 9.28. The molecule has 21 heavy (non-hydrogen) atoms. The van der Waals surface area contributed by atoms with E-state index in [9.17, 15) is 0 Å². The molecule has 2 rings (SSSR count).